The van der Waals surface area contributed by atoms with Gasteiger partial charge in [0, 0.05) is 13.1 Å². The number of likely N-dealkylation sites (N-methyl/N-ethyl adjacent to an activating group) is 1. The number of ether oxygens (including phenoxy) is 1. The molecule has 0 radical (unpaired) electrons. The van der Waals surface area contributed by atoms with Gasteiger partial charge in [0.1, 0.15) is 12.2 Å². The third-order valence-corrected chi connectivity index (χ3v) is 3.60. The number of rotatable bonds is 4. The minimum atomic E-state index is -0.849. The standard InChI is InChI=1S/C15H20N2O3/c1-10-14(18)15(19)13(20-10)9-17(2)8-12-5-3-4-11(6-12)7-16/h3-6,10,13-15,18-19H,8-9H2,1-2H3/t10-,13+,14?,15?/m0/s1. The lowest BCUT2D eigenvalue weighted by Crippen LogP contribution is -2.38. The molecule has 2 rings (SSSR count). The van der Waals surface area contributed by atoms with E-state index in [0.29, 0.717) is 18.7 Å². The summed E-state index contributed by atoms with van der Waals surface area (Å²) in [5, 5.41) is 28.4. The van der Waals surface area contributed by atoms with Gasteiger partial charge >= 0.3 is 0 Å². The van der Waals surface area contributed by atoms with Gasteiger partial charge in [-0.05, 0) is 31.7 Å². The van der Waals surface area contributed by atoms with Crippen molar-refractivity contribution in [2.24, 2.45) is 0 Å². The molecule has 2 unspecified atom stereocenters. The zero-order valence-electron chi connectivity index (χ0n) is 11.7. The number of benzene rings is 1. The van der Waals surface area contributed by atoms with Crippen LogP contribution in [-0.2, 0) is 11.3 Å². The van der Waals surface area contributed by atoms with Crippen molar-refractivity contribution in [1.29, 1.82) is 5.26 Å². The van der Waals surface area contributed by atoms with Crippen LogP contribution in [0.3, 0.4) is 0 Å². The van der Waals surface area contributed by atoms with Crippen LogP contribution < -0.4 is 0 Å². The van der Waals surface area contributed by atoms with Crippen LogP contribution in [0.1, 0.15) is 18.1 Å². The molecular weight excluding hydrogens is 256 g/mol. The Hall–Kier alpha value is -1.45. The third-order valence-electron chi connectivity index (χ3n) is 3.60. The van der Waals surface area contributed by atoms with Crippen molar-refractivity contribution in [3.63, 3.8) is 0 Å². The Bertz CT molecular complexity index is 500. The summed E-state index contributed by atoms with van der Waals surface area (Å²) < 4.78 is 5.55. The maximum absolute atomic E-state index is 9.88. The molecule has 1 aromatic rings. The van der Waals surface area contributed by atoms with E-state index in [4.69, 9.17) is 10.00 Å². The fourth-order valence-electron chi connectivity index (χ4n) is 2.51. The van der Waals surface area contributed by atoms with Gasteiger partial charge in [-0.2, -0.15) is 5.26 Å². The fraction of sp³-hybridized carbons (Fsp3) is 0.533. The normalized spacial score (nSPS) is 29.6. The topological polar surface area (TPSA) is 76.7 Å². The molecule has 2 N–H and O–H groups in total. The molecule has 108 valence electrons. The van der Waals surface area contributed by atoms with Crippen LogP contribution >= 0.6 is 0 Å². The Balaban J connectivity index is 1.93. The Morgan fingerprint density at radius 3 is 2.70 bits per heavy atom. The number of nitrogens with zero attached hydrogens (tertiary/aromatic N) is 2. The lowest BCUT2D eigenvalue weighted by atomic mass is 10.1. The van der Waals surface area contributed by atoms with Gasteiger partial charge in [-0.25, -0.2) is 0 Å². The van der Waals surface area contributed by atoms with E-state index in [1.807, 2.05) is 30.1 Å². The van der Waals surface area contributed by atoms with Crippen LogP contribution in [-0.4, -0.2) is 53.1 Å². The number of nitriles is 1. The summed E-state index contributed by atoms with van der Waals surface area (Å²) >= 11 is 0. The minimum Gasteiger partial charge on any atom is -0.388 e. The molecule has 0 bridgehead atoms. The van der Waals surface area contributed by atoms with Gasteiger partial charge in [-0.15, -0.1) is 0 Å². The molecule has 5 heteroatoms. The first-order chi connectivity index (χ1) is 9.51. The molecule has 0 saturated carbocycles. The minimum absolute atomic E-state index is 0.342. The number of hydrogen-bond acceptors (Lipinski definition) is 5. The first kappa shape index (κ1) is 14.9. The fourth-order valence-corrected chi connectivity index (χ4v) is 2.51. The highest BCUT2D eigenvalue weighted by Crippen LogP contribution is 2.21. The molecule has 0 spiro atoms. The van der Waals surface area contributed by atoms with E-state index in [1.165, 1.54) is 0 Å². The lowest BCUT2D eigenvalue weighted by molar-refractivity contribution is -0.00253. The summed E-state index contributed by atoms with van der Waals surface area (Å²) in [6.07, 6.45) is -2.40. The Labute approximate surface area is 119 Å². The predicted octanol–water partition coefficient (Wildman–Crippen LogP) is 0.499. The van der Waals surface area contributed by atoms with E-state index in [2.05, 4.69) is 6.07 Å². The monoisotopic (exact) mass is 276 g/mol. The molecular formula is C15H20N2O3. The molecule has 1 aliphatic rings. The average molecular weight is 276 g/mol. The van der Waals surface area contributed by atoms with Gasteiger partial charge in [0.25, 0.3) is 0 Å². The highest BCUT2D eigenvalue weighted by atomic mass is 16.5. The lowest BCUT2D eigenvalue weighted by Gasteiger charge is -2.22. The van der Waals surface area contributed by atoms with E-state index >= 15 is 0 Å². The smallest absolute Gasteiger partial charge is 0.110 e. The van der Waals surface area contributed by atoms with E-state index in [9.17, 15) is 10.2 Å². The van der Waals surface area contributed by atoms with Gasteiger partial charge in [0.15, 0.2) is 0 Å². The molecule has 20 heavy (non-hydrogen) atoms. The summed E-state index contributed by atoms with van der Waals surface area (Å²) in [6, 6.07) is 9.55. The van der Waals surface area contributed by atoms with Gasteiger partial charge in [0.2, 0.25) is 0 Å². The number of aliphatic hydroxyl groups is 2. The second kappa shape index (κ2) is 6.33. The summed E-state index contributed by atoms with van der Waals surface area (Å²) in [5.74, 6) is 0. The molecule has 5 nitrogen and oxygen atoms in total. The van der Waals surface area contributed by atoms with Crippen molar-refractivity contribution in [2.75, 3.05) is 13.6 Å². The van der Waals surface area contributed by atoms with Gasteiger partial charge in [-0.3, -0.25) is 4.90 Å². The second-order valence-corrected chi connectivity index (χ2v) is 5.37. The van der Waals surface area contributed by atoms with Gasteiger partial charge < -0.3 is 14.9 Å². The summed E-state index contributed by atoms with van der Waals surface area (Å²) in [6.45, 7) is 2.94. The molecule has 1 aromatic carbocycles. The van der Waals surface area contributed by atoms with Crippen molar-refractivity contribution >= 4 is 0 Å². The van der Waals surface area contributed by atoms with Crippen molar-refractivity contribution in [2.45, 2.75) is 37.9 Å². The quantitative estimate of drug-likeness (QED) is 0.837. The largest absolute Gasteiger partial charge is 0.388 e. The molecule has 1 fully saturated rings. The molecule has 1 aliphatic heterocycles. The Morgan fingerprint density at radius 1 is 1.35 bits per heavy atom. The Kier molecular flexibility index (Phi) is 4.73. The average Bonchev–Trinajstić information content (AvgIpc) is 2.66. The summed E-state index contributed by atoms with van der Waals surface area (Å²) in [5.41, 5.74) is 1.67. The van der Waals surface area contributed by atoms with E-state index in [-0.39, 0.29) is 12.2 Å². The SMILES string of the molecule is C[C@@H]1O[C@H](CN(C)Cc2cccc(C#N)c2)C(O)C1O. The molecule has 0 aliphatic carbocycles. The highest BCUT2D eigenvalue weighted by molar-refractivity contribution is 5.32. The van der Waals surface area contributed by atoms with E-state index in [0.717, 1.165) is 5.56 Å². The summed E-state index contributed by atoms with van der Waals surface area (Å²) in [7, 11) is 1.92. The van der Waals surface area contributed by atoms with E-state index in [1.54, 1.807) is 13.0 Å². The van der Waals surface area contributed by atoms with Crippen LogP contribution in [0.2, 0.25) is 0 Å². The first-order valence-electron chi connectivity index (χ1n) is 6.70. The molecule has 0 amide bonds. The molecule has 4 atom stereocenters. The Morgan fingerprint density at radius 2 is 2.10 bits per heavy atom. The van der Waals surface area contributed by atoms with Crippen molar-refractivity contribution in [1.82, 2.24) is 4.90 Å². The second-order valence-electron chi connectivity index (χ2n) is 5.37. The van der Waals surface area contributed by atoms with Gasteiger partial charge in [0.05, 0.1) is 23.8 Å². The van der Waals surface area contributed by atoms with Crippen LogP contribution in [0.15, 0.2) is 24.3 Å². The zero-order valence-corrected chi connectivity index (χ0v) is 11.7. The van der Waals surface area contributed by atoms with Crippen LogP contribution in [0.5, 0.6) is 0 Å². The first-order valence-corrected chi connectivity index (χ1v) is 6.70. The molecule has 0 aromatic heterocycles. The van der Waals surface area contributed by atoms with Crippen molar-refractivity contribution in [3.05, 3.63) is 35.4 Å². The maximum Gasteiger partial charge on any atom is 0.110 e. The zero-order chi connectivity index (χ0) is 14.7. The number of aliphatic hydroxyl groups excluding tert-OH is 2. The third kappa shape index (κ3) is 3.35. The van der Waals surface area contributed by atoms with Crippen LogP contribution in [0.4, 0.5) is 0 Å². The maximum atomic E-state index is 9.88. The molecule has 1 saturated heterocycles. The van der Waals surface area contributed by atoms with Crippen LogP contribution in [0.25, 0.3) is 0 Å². The predicted molar refractivity (Wildman–Crippen MR) is 73.8 cm³/mol. The number of hydrogen-bond donors (Lipinski definition) is 2. The molecule has 1 heterocycles. The van der Waals surface area contributed by atoms with Crippen LogP contribution in [0, 0.1) is 11.3 Å². The van der Waals surface area contributed by atoms with E-state index < -0.39 is 12.2 Å². The summed E-state index contributed by atoms with van der Waals surface area (Å²) in [4.78, 5) is 2.01. The van der Waals surface area contributed by atoms with Gasteiger partial charge in [-0.1, -0.05) is 12.1 Å². The highest BCUT2D eigenvalue weighted by Gasteiger charge is 2.40. The van der Waals surface area contributed by atoms with Crippen molar-refractivity contribution in [3.8, 4) is 6.07 Å². The van der Waals surface area contributed by atoms with Crippen molar-refractivity contribution < 1.29 is 14.9 Å².